The van der Waals surface area contributed by atoms with Gasteiger partial charge in [-0.25, -0.2) is 0 Å². The summed E-state index contributed by atoms with van der Waals surface area (Å²) in [6, 6.07) is 22.9. The van der Waals surface area contributed by atoms with Crippen LogP contribution in [0.15, 0.2) is 91.5 Å². The molecular formula is C32H34ClN3O3. The molecular weight excluding hydrogens is 510 g/mol. The van der Waals surface area contributed by atoms with Crippen molar-refractivity contribution in [1.29, 1.82) is 0 Å². The van der Waals surface area contributed by atoms with Crippen LogP contribution < -0.4 is 5.32 Å². The number of aromatic hydroxyl groups is 1. The lowest BCUT2D eigenvalue weighted by atomic mass is 9.86. The van der Waals surface area contributed by atoms with E-state index in [1.165, 1.54) is 0 Å². The minimum atomic E-state index is -0.0199. The van der Waals surface area contributed by atoms with E-state index >= 15 is 0 Å². The second-order valence-electron chi connectivity index (χ2n) is 9.98. The van der Waals surface area contributed by atoms with E-state index in [4.69, 9.17) is 16.3 Å². The van der Waals surface area contributed by atoms with E-state index in [0.717, 1.165) is 66.3 Å². The number of hydrogen-bond donors (Lipinski definition) is 2. The number of likely N-dealkylation sites (tertiary alicyclic amines) is 1. The minimum absolute atomic E-state index is 0.0199. The Hall–Kier alpha value is -3.74. The third-order valence-corrected chi connectivity index (χ3v) is 7.77. The van der Waals surface area contributed by atoms with Crippen LogP contribution in [-0.2, 0) is 11.2 Å². The van der Waals surface area contributed by atoms with Crippen molar-refractivity contribution in [2.24, 2.45) is 0 Å². The van der Waals surface area contributed by atoms with Gasteiger partial charge in [-0.15, -0.1) is 0 Å². The molecule has 2 heterocycles. The van der Waals surface area contributed by atoms with Gasteiger partial charge in [-0.05, 0) is 73.7 Å². The number of phenols is 1. The van der Waals surface area contributed by atoms with Gasteiger partial charge in [0.05, 0.1) is 0 Å². The van der Waals surface area contributed by atoms with Crippen LogP contribution in [0.3, 0.4) is 0 Å². The largest absolute Gasteiger partial charge is 0.508 e. The van der Waals surface area contributed by atoms with Crippen molar-refractivity contribution in [2.75, 3.05) is 32.7 Å². The maximum atomic E-state index is 13.1. The molecule has 0 bridgehead atoms. The lowest BCUT2D eigenvalue weighted by Gasteiger charge is -2.34. The van der Waals surface area contributed by atoms with Crippen LogP contribution in [0.25, 0.3) is 5.76 Å². The van der Waals surface area contributed by atoms with Gasteiger partial charge < -0.3 is 25.0 Å². The lowest BCUT2D eigenvalue weighted by molar-refractivity contribution is 0.0951. The van der Waals surface area contributed by atoms with Crippen LogP contribution in [0.4, 0.5) is 0 Å². The monoisotopic (exact) mass is 543 g/mol. The number of carbonyl (C=O) groups excluding carboxylic acids is 1. The molecule has 0 saturated carbocycles. The number of carbonyl (C=O) groups is 1. The maximum Gasteiger partial charge on any atom is 0.251 e. The van der Waals surface area contributed by atoms with E-state index < -0.39 is 0 Å². The van der Waals surface area contributed by atoms with Crippen molar-refractivity contribution in [2.45, 2.75) is 25.2 Å². The molecule has 6 nitrogen and oxygen atoms in total. The SMILES string of the molecule is O=C(NCCc1ccccc1Cl)c1ccccc1C1CCN(CCN2C=COC(c3cccc(O)c3)=C2)CC1. The first-order valence-electron chi connectivity index (χ1n) is 13.5. The predicted octanol–water partition coefficient (Wildman–Crippen LogP) is 6.00. The zero-order valence-corrected chi connectivity index (χ0v) is 22.7. The van der Waals surface area contributed by atoms with Crippen LogP contribution in [0.5, 0.6) is 5.75 Å². The molecule has 3 aromatic rings. The molecule has 2 aliphatic heterocycles. The summed E-state index contributed by atoms with van der Waals surface area (Å²) in [6.45, 7) is 4.31. The third kappa shape index (κ3) is 7.02. The highest BCUT2D eigenvalue weighted by Gasteiger charge is 2.24. The quantitative estimate of drug-likeness (QED) is 0.346. The van der Waals surface area contributed by atoms with E-state index in [1.54, 1.807) is 18.4 Å². The van der Waals surface area contributed by atoms with Gasteiger partial charge in [0.15, 0.2) is 0 Å². The summed E-state index contributed by atoms with van der Waals surface area (Å²) >= 11 is 6.26. The van der Waals surface area contributed by atoms with Gasteiger partial charge in [0, 0.05) is 48.2 Å². The Balaban J connectivity index is 1.12. The molecule has 202 valence electrons. The molecule has 5 rings (SSSR count). The highest BCUT2D eigenvalue weighted by molar-refractivity contribution is 6.31. The molecule has 1 saturated heterocycles. The number of nitrogens with zero attached hydrogens (tertiary/aromatic N) is 2. The van der Waals surface area contributed by atoms with E-state index in [2.05, 4.69) is 21.2 Å². The van der Waals surface area contributed by atoms with Crippen molar-refractivity contribution >= 4 is 23.3 Å². The van der Waals surface area contributed by atoms with Crippen molar-refractivity contribution in [3.8, 4) is 5.75 Å². The lowest BCUT2D eigenvalue weighted by Crippen LogP contribution is -2.38. The van der Waals surface area contributed by atoms with Crippen molar-refractivity contribution < 1.29 is 14.6 Å². The van der Waals surface area contributed by atoms with Gasteiger partial charge in [0.2, 0.25) is 0 Å². The summed E-state index contributed by atoms with van der Waals surface area (Å²) in [5, 5.41) is 13.6. The molecule has 0 unspecified atom stereocenters. The van der Waals surface area contributed by atoms with Crippen LogP contribution >= 0.6 is 11.6 Å². The van der Waals surface area contributed by atoms with E-state index in [0.29, 0.717) is 24.6 Å². The van der Waals surface area contributed by atoms with Gasteiger partial charge in [0.25, 0.3) is 5.91 Å². The Morgan fingerprint density at radius 2 is 1.79 bits per heavy atom. The molecule has 1 amide bonds. The summed E-state index contributed by atoms with van der Waals surface area (Å²) in [5.74, 6) is 1.28. The first-order valence-corrected chi connectivity index (χ1v) is 13.9. The molecule has 0 radical (unpaired) electrons. The topological polar surface area (TPSA) is 65.0 Å². The summed E-state index contributed by atoms with van der Waals surface area (Å²) in [4.78, 5) is 17.7. The number of piperidine rings is 1. The molecule has 2 aliphatic rings. The number of rotatable bonds is 9. The first-order chi connectivity index (χ1) is 19.1. The fraction of sp³-hybridized carbons (Fsp3) is 0.281. The third-order valence-electron chi connectivity index (χ3n) is 7.41. The van der Waals surface area contributed by atoms with Gasteiger partial charge >= 0.3 is 0 Å². The zero-order chi connectivity index (χ0) is 27.0. The Morgan fingerprint density at radius 1 is 1.00 bits per heavy atom. The average molecular weight is 544 g/mol. The minimum Gasteiger partial charge on any atom is -0.508 e. The van der Waals surface area contributed by atoms with Crippen molar-refractivity contribution in [3.63, 3.8) is 0 Å². The Morgan fingerprint density at radius 3 is 2.62 bits per heavy atom. The molecule has 0 aliphatic carbocycles. The number of hydrogen-bond acceptors (Lipinski definition) is 5. The van der Waals surface area contributed by atoms with Crippen LogP contribution in [0.1, 0.15) is 45.8 Å². The number of amides is 1. The second-order valence-corrected chi connectivity index (χ2v) is 10.4. The van der Waals surface area contributed by atoms with E-state index in [1.807, 2.05) is 67.0 Å². The van der Waals surface area contributed by atoms with Gasteiger partial charge in [-0.1, -0.05) is 60.1 Å². The summed E-state index contributed by atoms with van der Waals surface area (Å²) in [5.41, 5.74) is 3.80. The number of nitrogens with one attached hydrogen (secondary N) is 1. The fourth-order valence-corrected chi connectivity index (χ4v) is 5.47. The van der Waals surface area contributed by atoms with Crippen molar-refractivity contribution in [1.82, 2.24) is 15.1 Å². The molecule has 0 spiro atoms. The molecule has 0 aromatic heterocycles. The highest BCUT2D eigenvalue weighted by atomic mass is 35.5. The van der Waals surface area contributed by atoms with E-state index in [9.17, 15) is 9.90 Å². The summed E-state index contributed by atoms with van der Waals surface area (Å²) in [7, 11) is 0. The van der Waals surface area contributed by atoms with Crippen LogP contribution in [0, 0.1) is 0 Å². The molecule has 39 heavy (non-hydrogen) atoms. The fourth-order valence-electron chi connectivity index (χ4n) is 5.24. The van der Waals surface area contributed by atoms with Crippen LogP contribution in [0.2, 0.25) is 5.02 Å². The predicted molar refractivity (Wildman–Crippen MR) is 155 cm³/mol. The molecule has 0 atom stereocenters. The average Bonchev–Trinajstić information content (AvgIpc) is 2.97. The number of ether oxygens (including phenoxy) is 1. The van der Waals surface area contributed by atoms with Crippen molar-refractivity contribution in [3.05, 3.63) is 119 Å². The standard InChI is InChI=1S/C32H34ClN3O3/c33-30-11-4-1-6-25(30)12-15-34-32(38)29-10-3-2-9-28(29)24-13-16-35(17-14-24)18-19-36-20-21-39-31(23-36)26-7-5-8-27(37)22-26/h1-11,20-24,37H,12-19H2,(H,34,38). The molecule has 3 aromatic carbocycles. The maximum absolute atomic E-state index is 13.1. The number of halogens is 1. The zero-order valence-electron chi connectivity index (χ0n) is 21.9. The highest BCUT2D eigenvalue weighted by Crippen LogP contribution is 2.31. The smallest absolute Gasteiger partial charge is 0.251 e. The second kappa shape index (κ2) is 12.9. The van der Waals surface area contributed by atoms with Gasteiger partial charge in [-0.3, -0.25) is 4.79 Å². The number of benzene rings is 3. The summed E-state index contributed by atoms with van der Waals surface area (Å²) in [6.07, 6.45) is 8.33. The first kappa shape index (κ1) is 26.9. The molecule has 1 fully saturated rings. The molecule has 2 N–H and O–H groups in total. The summed E-state index contributed by atoms with van der Waals surface area (Å²) < 4.78 is 5.66. The molecule has 7 heteroatoms. The van der Waals surface area contributed by atoms with Gasteiger partial charge in [0.1, 0.15) is 17.8 Å². The normalized spacial score (nSPS) is 16.0. The van der Waals surface area contributed by atoms with Gasteiger partial charge in [-0.2, -0.15) is 0 Å². The Bertz CT molecular complexity index is 1350. The number of phenolic OH excluding ortho intramolecular Hbond substituents is 1. The van der Waals surface area contributed by atoms with Crippen LogP contribution in [-0.4, -0.2) is 53.5 Å². The van der Waals surface area contributed by atoms with E-state index in [-0.39, 0.29) is 11.7 Å². The Kier molecular flexibility index (Phi) is 8.86. The Labute approximate surface area is 235 Å².